The predicted molar refractivity (Wildman–Crippen MR) is 91.8 cm³/mol. The van der Waals surface area contributed by atoms with Crippen LogP contribution in [0.15, 0.2) is 54.9 Å². The van der Waals surface area contributed by atoms with Gasteiger partial charge in [0, 0.05) is 41.0 Å². The maximum atomic E-state index is 12.5. The topological polar surface area (TPSA) is 64.9 Å². The molecule has 0 atom stereocenters. The molecular weight excluding hydrogens is 296 g/mol. The lowest BCUT2D eigenvalue weighted by Gasteiger charge is -1.98. The molecule has 4 N–H and O–H groups in total. The third kappa shape index (κ3) is 5.00. The summed E-state index contributed by atoms with van der Waals surface area (Å²) in [6.45, 7) is 3.90. The lowest BCUT2D eigenvalue weighted by Crippen LogP contribution is -2.02. The van der Waals surface area contributed by atoms with Crippen molar-refractivity contribution in [2.75, 3.05) is 5.73 Å². The Balaban J connectivity index is 0.000000209. The molecule has 0 amide bonds. The van der Waals surface area contributed by atoms with E-state index in [2.05, 4.69) is 4.98 Å². The second-order valence-corrected chi connectivity index (χ2v) is 4.35. The number of benzene rings is 2. The molecule has 0 aliphatic carbocycles. The van der Waals surface area contributed by atoms with E-state index in [1.54, 1.807) is 6.20 Å². The molecule has 0 fully saturated rings. The monoisotopic (exact) mass is 317 g/mol. The van der Waals surface area contributed by atoms with Gasteiger partial charge in [-0.25, -0.2) is 8.78 Å². The van der Waals surface area contributed by atoms with Crippen molar-refractivity contribution in [2.24, 2.45) is 5.73 Å². The van der Waals surface area contributed by atoms with Crippen molar-refractivity contribution in [2.45, 2.75) is 20.4 Å². The fourth-order valence-corrected chi connectivity index (χ4v) is 1.87. The van der Waals surface area contributed by atoms with E-state index in [1.807, 2.05) is 44.3 Å². The number of anilines is 1. The third-order valence-corrected chi connectivity index (χ3v) is 2.98. The molecule has 0 saturated heterocycles. The molecule has 2 aromatic carbocycles. The fraction of sp³-hybridized carbons (Fsp3) is 0.167. The summed E-state index contributed by atoms with van der Waals surface area (Å²) >= 11 is 0. The number of nitrogen functional groups attached to an aromatic ring is 1. The molecule has 122 valence electrons. The maximum absolute atomic E-state index is 12.5. The third-order valence-electron chi connectivity index (χ3n) is 2.98. The zero-order valence-corrected chi connectivity index (χ0v) is 13.3. The summed E-state index contributed by atoms with van der Waals surface area (Å²) in [5, 5.41) is 2.16. The second kappa shape index (κ2) is 9.48. The van der Waals surface area contributed by atoms with Crippen LogP contribution in [0.3, 0.4) is 0 Å². The number of nitrogens with two attached hydrogens (primary N) is 2. The first-order valence-corrected chi connectivity index (χ1v) is 7.34. The van der Waals surface area contributed by atoms with Gasteiger partial charge in [-0.15, -0.1) is 0 Å². The van der Waals surface area contributed by atoms with Crippen LogP contribution in [0.25, 0.3) is 10.8 Å². The summed E-state index contributed by atoms with van der Waals surface area (Å²) in [4.78, 5) is 4.00. The summed E-state index contributed by atoms with van der Waals surface area (Å²) < 4.78 is 25.1. The van der Waals surface area contributed by atoms with E-state index in [1.165, 1.54) is 18.2 Å². The zero-order chi connectivity index (χ0) is 17.2. The van der Waals surface area contributed by atoms with E-state index in [9.17, 15) is 8.78 Å². The van der Waals surface area contributed by atoms with Crippen molar-refractivity contribution >= 4 is 16.5 Å². The fourth-order valence-electron chi connectivity index (χ4n) is 1.87. The van der Waals surface area contributed by atoms with Gasteiger partial charge in [0.05, 0.1) is 0 Å². The van der Waals surface area contributed by atoms with Crippen molar-refractivity contribution in [3.63, 3.8) is 0 Å². The Morgan fingerprint density at radius 2 is 1.57 bits per heavy atom. The molecule has 0 aliphatic rings. The smallest absolute Gasteiger partial charge is 0.130 e. The summed E-state index contributed by atoms with van der Waals surface area (Å²) in [5.74, 6) is -1.16. The quantitative estimate of drug-likeness (QED) is 0.659. The van der Waals surface area contributed by atoms with Gasteiger partial charge >= 0.3 is 0 Å². The molecule has 0 spiro atoms. The Kier molecular flexibility index (Phi) is 7.63. The largest absolute Gasteiger partial charge is 0.398 e. The van der Waals surface area contributed by atoms with Crippen molar-refractivity contribution < 1.29 is 8.78 Å². The summed E-state index contributed by atoms with van der Waals surface area (Å²) in [5.41, 5.74) is 11.6. The van der Waals surface area contributed by atoms with E-state index in [-0.39, 0.29) is 12.1 Å². The van der Waals surface area contributed by atoms with Crippen LogP contribution in [0.5, 0.6) is 0 Å². The van der Waals surface area contributed by atoms with Crippen molar-refractivity contribution in [1.82, 2.24) is 4.98 Å². The molecule has 0 aliphatic heterocycles. The van der Waals surface area contributed by atoms with E-state index in [4.69, 9.17) is 11.5 Å². The van der Waals surface area contributed by atoms with Crippen LogP contribution < -0.4 is 11.5 Å². The molecule has 3 rings (SSSR count). The summed E-state index contributed by atoms with van der Waals surface area (Å²) in [7, 11) is 0. The zero-order valence-electron chi connectivity index (χ0n) is 13.3. The van der Waals surface area contributed by atoms with Gasteiger partial charge in [0.1, 0.15) is 11.6 Å². The van der Waals surface area contributed by atoms with Crippen LogP contribution in [0.1, 0.15) is 19.4 Å². The molecule has 3 aromatic rings. The van der Waals surface area contributed by atoms with Gasteiger partial charge in [0.25, 0.3) is 0 Å². The Morgan fingerprint density at radius 1 is 0.957 bits per heavy atom. The molecule has 0 unspecified atom stereocenters. The van der Waals surface area contributed by atoms with Gasteiger partial charge in [-0.05, 0) is 24.3 Å². The van der Waals surface area contributed by atoms with Crippen LogP contribution in [0.4, 0.5) is 14.5 Å². The number of hydrogen-bond donors (Lipinski definition) is 2. The Morgan fingerprint density at radius 3 is 2.09 bits per heavy atom. The highest BCUT2D eigenvalue weighted by Crippen LogP contribution is 2.18. The first-order valence-electron chi connectivity index (χ1n) is 7.34. The number of aromatic nitrogens is 1. The molecule has 0 saturated carbocycles. The van der Waals surface area contributed by atoms with E-state index >= 15 is 0 Å². The average Bonchev–Trinajstić information content (AvgIpc) is 2.58. The summed E-state index contributed by atoms with van der Waals surface area (Å²) in [6.07, 6.45) is 3.56. The first kappa shape index (κ1) is 18.5. The number of fused-ring (bicyclic) bond motifs is 1. The minimum absolute atomic E-state index is 0.0532. The van der Waals surface area contributed by atoms with Gasteiger partial charge in [0.15, 0.2) is 0 Å². The van der Waals surface area contributed by atoms with Gasteiger partial charge < -0.3 is 11.5 Å². The van der Waals surface area contributed by atoms with Gasteiger partial charge in [0.2, 0.25) is 0 Å². The minimum Gasteiger partial charge on any atom is -0.398 e. The molecular formula is C18H21F2N3. The van der Waals surface area contributed by atoms with Crippen LogP contribution in [-0.2, 0) is 6.54 Å². The molecule has 0 radical (unpaired) electrons. The Bertz CT molecular complexity index is 720. The van der Waals surface area contributed by atoms with E-state index in [0.717, 1.165) is 16.5 Å². The van der Waals surface area contributed by atoms with Crippen LogP contribution in [-0.4, -0.2) is 4.98 Å². The van der Waals surface area contributed by atoms with Gasteiger partial charge in [-0.2, -0.15) is 0 Å². The maximum Gasteiger partial charge on any atom is 0.130 e. The Hall–Kier alpha value is -2.53. The highest BCUT2D eigenvalue weighted by atomic mass is 19.1. The number of rotatable bonds is 1. The normalized spacial score (nSPS) is 9.43. The Labute approximate surface area is 135 Å². The highest BCUT2D eigenvalue weighted by Gasteiger charge is 2.04. The lowest BCUT2D eigenvalue weighted by atomic mass is 10.1. The number of nitrogens with zero attached hydrogens (tertiary/aromatic N) is 1. The minimum atomic E-state index is -0.581. The summed E-state index contributed by atoms with van der Waals surface area (Å²) in [6, 6.07) is 11.4. The van der Waals surface area contributed by atoms with E-state index in [0.29, 0.717) is 0 Å². The average molecular weight is 317 g/mol. The van der Waals surface area contributed by atoms with E-state index < -0.39 is 11.6 Å². The number of hydrogen-bond acceptors (Lipinski definition) is 3. The lowest BCUT2D eigenvalue weighted by molar-refractivity contribution is 0.557. The predicted octanol–water partition coefficient (Wildman–Crippen LogP) is 4.27. The van der Waals surface area contributed by atoms with Gasteiger partial charge in [-0.3, -0.25) is 4.98 Å². The SMILES string of the molecule is CC.NCc1c(F)cccc1F.Nc1cccc2cnccc12. The van der Waals surface area contributed by atoms with Crippen LogP contribution in [0.2, 0.25) is 0 Å². The number of pyridine rings is 1. The molecule has 1 heterocycles. The first-order chi connectivity index (χ1) is 11.1. The highest BCUT2D eigenvalue weighted by molar-refractivity contribution is 5.91. The van der Waals surface area contributed by atoms with Crippen molar-refractivity contribution in [1.29, 1.82) is 0 Å². The second-order valence-electron chi connectivity index (χ2n) is 4.35. The van der Waals surface area contributed by atoms with Gasteiger partial charge in [-0.1, -0.05) is 32.0 Å². The standard InChI is InChI=1S/C9H8N2.C7H7F2N.C2H6/c10-9-3-1-2-7-6-11-5-4-8(7)9;8-6-2-1-3-7(9)5(6)4-10;1-2/h1-6H,10H2;1-3H,4,10H2;1-2H3. The van der Waals surface area contributed by atoms with Crippen LogP contribution >= 0.6 is 0 Å². The van der Waals surface area contributed by atoms with Crippen molar-refractivity contribution in [3.05, 3.63) is 72.1 Å². The molecule has 1 aromatic heterocycles. The van der Waals surface area contributed by atoms with Crippen molar-refractivity contribution in [3.8, 4) is 0 Å². The molecule has 23 heavy (non-hydrogen) atoms. The molecule has 3 nitrogen and oxygen atoms in total. The molecule has 0 bridgehead atoms. The number of halogens is 2. The van der Waals surface area contributed by atoms with Crippen LogP contribution in [0, 0.1) is 11.6 Å². The molecule has 5 heteroatoms.